The molecule has 1 aliphatic heterocycles. The fraction of sp³-hybridized carbons (Fsp3) is 0.250. The van der Waals surface area contributed by atoms with E-state index in [2.05, 4.69) is 15.5 Å². The smallest absolute Gasteiger partial charge is 0.416 e. The van der Waals surface area contributed by atoms with Crippen molar-refractivity contribution in [2.75, 3.05) is 36.2 Å². The van der Waals surface area contributed by atoms with E-state index in [1.807, 2.05) is 84.9 Å². The topological polar surface area (TPSA) is 87.7 Å². The Bertz CT molecular complexity index is 2040. The van der Waals surface area contributed by atoms with Crippen LogP contribution in [0.25, 0.3) is 11.1 Å². The molecule has 0 aromatic heterocycles. The van der Waals surface area contributed by atoms with Gasteiger partial charge in [0.15, 0.2) is 0 Å². The van der Waals surface area contributed by atoms with Crippen molar-refractivity contribution in [2.45, 2.75) is 36.7 Å². The number of carbonyl (C=O) groups is 3. The lowest BCUT2D eigenvalue weighted by atomic mass is 9.79. The van der Waals surface area contributed by atoms with E-state index in [9.17, 15) is 27.6 Å². The number of hydrogen-bond acceptors (Lipinski definition) is 6. The number of halogens is 3. The van der Waals surface area contributed by atoms with Gasteiger partial charge in [-0.25, -0.2) is 4.79 Å². The molecule has 5 aromatic carbocycles. The van der Waals surface area contributed by atoms with Crippen molar-refractivity contribution in [3.63, 3.8) is 0 Å². The zero-order chi connectivity index (χ0) is 38.8. The first-order chi connectivity index (χ1) is 26.6. The summed E-state index contributed by atoms with van der Waals surface area (Å²) in [6.45, 7) is 1.42. The van der Waals surface area contributed by atoms with E-state index in [1.165, 1.54) is 19.2 Å². The van der Waals surface area contributed by atoms with Gasteiger partial charge in [-0.1, -0.05) is 91.0 Å². The number of nitrogens with zero attached hydrogens (tertiary/aromatic N) is 1. The number of nitrogens with one attached hydrogen (secondary N) is 2. The van der Waals surface area contributed by atoms with Crippen molar-refractivity contribution in [1.82, 2.24) is 5.32 Å². The number of piperidine rings is 1. The molecular weight excluding hydrogens is 724 g/mol. The molecule has 0 bridgehead atoms. The highest BCUT2D eigenvalue weighted by atomic mass is 32.2. The van der Waals surface area contributed by atoms with Crippen LogP contribution in [-0.2, 0) is 26.3 Å². The maximum absolute atomic E-state index is 14.0. The number of anilines is 2. The van der Waals surface area contributed by atoms with Crippen LogP contribution in [0.5, 0.6) is 0 Å². The summed E-state index contributed by atoms with van der Waals surface area (Å²) in [4.78, 5) is 42.4. The average Bonchev–Trinajstić information content (AvgIpc) is 3.21. The number of esters is 1. The van der Waals surface area contributed by atoms with Gasteiger partial charge in [0, 0.05) is 41.5 Å². The van der Waals surface area contributed by atoms with Crippen LogP contribution in [0.3, 0.4) is 0 Å². The van der Waals surface area contributed by atoms with Crippen molar-refractivity contribution >= 4 is 40.9 Å². The fourth-order valence-corrected chi connectivity index (χ4v) is 7.96. The molecule has 2 unspecified atom stereocenters. The second kappa shape index (κ2) is 18.2. The third-order valence-electron chi connectivity index (χ3n) is 9.84. The third-order valence-corrected chi connectivity index (χ3v) is 10.9. The molecule has 55 heavy (non-hydrogen) atoms. The summed E-state index contributed by atoms with van der Waals surface area (Å²) in [6, 6.07) is 37.9. The van der Waals surface area contributed by atoms with Crippen LogP contribution >= 0.6 is 11.8 Å². The first-order valence-electron chi connectivity index (χ1n) is 18.1. The molecule has 7 nitrogen and oxygen atoms in total. The minimum absolute atomic E-state index is 0.0391. The second-order valence-corrected chi connectivity index (χ2v) is 14.4. The fourth-order valence-electron chi connectivity index (χ4n) is 6.96. The Morgan fingerprint density at radius 1 is 0.800 bits per heavy atom. The van der Waals surface area contributed by atoms with Crippen LogP contribution in [-0.4, -0.2) is 49.8 Å². The molecule has 5 aromatic rings. The Labute approximate surface area is 323 Å². The molecule has 6 rings (SSSR count). The molecule has 0 radical (unpaired) electrons. The van der Waals surface area contributed by atoms with Gasteiger partial charge in [0.1, 0.15) is 6.04 Å². The molecule has 1 fully saturated rings. The molecule has 2 N–H and O–H groups in total. The van der Waals surface area contributed by atoms with E-state index in [-0.39, 0.29) is 17.7 Å². The van der Waals surface area contributed by atoms with E-state index >= 15 is 0 Å². The summed E-state index contributed by atoms with van der Waals surface area (Å²) in [7, 11) is 1.33. The lowest BCUT2D eigenvalue weighted by Crippen LogP contribution is -2.47. The Hall–Kier alpha value is -5.55. The zero-order valence-electron chi connectivity index (χ0n) is 30.3. The van der Waals surface area contributed by atoms with Gasteiger partial charge in [0.25, 0.3) is 5.91 Å². The Morgan fingerprint density at radius 3 is 2.05 bits per heavy atom. The van der Waals surface area contributed by atoms with E-state index in [0.29, 0.717) is 47.0 Å². The lowest BCUT2D eigenvalue weighted by molar-refractivity contribution is -0.144. The number of alkyl halides is 3. The zero-order valence-corrected chi connectivity index (χ0v) is 31.1. The Kier molecular flexibility index (Phi) is 12.9. The molecule has 0 spiro atoms. The quantitative estimate of drug-likeness (QED) is 0.116. The summed E-state index contributed by atoms with van der Waals surface area (Å²) in [6.07, 6.45) is -2.95. The highest BCUT2D eigenvalue weighted by Gasteiger charge is 2.35. The largest absolute Gasteiger partial charge is 0.467 e. The molecule has 1 saturated heterocycles. The lowest BCUT2D eigenvalue weighted by Gasteiger charge is -2.37. The van der Waals surface area contributed by atoms with Crippen molar-refractivity contribution in [3.8, 4) is 11.1 Å². The first-order valence-corrected chi connectivity index (χ1v) is 19.2. The van der Waals surface area contributed by atoms with Gasteiger partial charge in [-0.05, 0) is 83.5 Å². The van der Waals surface area contributed by atoms with E-state index in [1.54, 1.807) is 36.0 Å². The number of hydrogen-bond donors (Lipinski definition) is 2. The van der Waals surface area contributed by atoms with Crippen LogP contribution in [0.2, 0.25) is 0 Å². The molecule has 0 aliphatic carbocycles. The van der Waals surface area contributed by atoms with Gasteiger partial charge in [0.2, 0.25) is 5.91 Å². The number of amides is 2. The SMILES string of the molecule is COC(=O)C(CSCc1ccccc1)NC(=O)C(c1ccccc1)C1CCN(c2ccc(NC(=O)c3ccccc3-c3ccc(C(F)(F)F)cc3)cc2)CC1. The second-order valence-electron chi connectivity index (χ2n) is 13.4. The maximum atomic E-state index is 14.0. The van der Waals surface area contributed by atoms with Crippen LogP contribution in [0, 0.1) is 5.92 Å². The average molecular weight is 766 g/mol. The van der Waals surface area contributed by atoms with Crippen molar-refractivity contribution < 1.29 is 32.3 Å². The highest BCUT2D eigenvalue weighted by Crippen LogP contribution is 2.36. The maximum Gasteiger partial charge on any atom is 0.416 e. The number of thioether (sulfide) groups is 1. The standard InChI is InChI=1S/C44H42F3N3O4S/c1-54-43(53)39(29-55-28-30-10-4-2-5-11-30)49-42(52)40(32-12-6-3-7-13-32)33-24-26-50(27-25-33)36-22-20-35(21-23-36)48-41(51)38-15-9-8-14-37(38)31-16-18-34(19-17-31)44(45,46)47/h2-23,33,39-40H,24-29H2,1H3,(H,48,51)(H,49,52). The Morgan fingerprint density at radius 2 is 1.42 bits per heavy atom. The number of rotatable bonds is 13. The number of benzene rings is 5. The molecule has 2 amide bonds. The predicted molar refractivity (Wildman–Crippen MR) is 212 cm³/mol. The summed E-state index contributed by atoms with van der Waals surface area (Å²) < 4.78 is 44.4. The van der Waals surface area contributed by atoms with Gasteiger partial charge in [0.05, 0.1) is 18.6 Å². The third kappa shape index (κ3) is 10.2. The first kappa shape index (κ1) is 39.2. The predicted octanol–water partition coefficient (Wildman–Crippen LogP) is 9.22. The Balaban J connectivity index is 1.08. The van der Waals surface area contributed by atoms with Gasteiger partial charge >= 0.3 is 12.1 Å². The molecule has 284 valence electrons. The molecule has 1 heterocycles. The summed E-state index contributed by atoms with van der Waals surface area (Å²) in [5.74, 6) is -0.361. The van der Waals surface area contributed by atoms with Crippen LogP contribution in [0.15, 0.2) is 133 Å². The minimum atomic E-state index is -4.45. The van der Waals surface area contributed by atoms with Crippen LogP contribution < -0.4 is 15.5 Å². The minimum Gasteiger partial charge on any atom is -0.467 e. The molecule has 1 aliphatic rings. The van der Waals surface area contributed by atoms with E-state index in [4.69, 9.17) is 4.74 Å². The van der Waals surface area contributed by atoms with Gasteiger partial charge in [-0.3, -0.25) is 9.59 Å². The van der Waals surface area contributed by atoms with Crippen molar-refractivity contribution in [3.05, 3.63) is 156 Å². The summed E-state index contributed by atoms with van der Waals surface area (Å²) in [5.41, 5.74) is 4.21. The van der Waals surface area contributed by atoms with Crippen LogP contribution in [0.4, 0.5) is 24.5 Å². The van der Waals surface area contributed by atoms with Gasteiger partial charge in [-0.15, -0.1) is 0 Å². The summed E-state index contributed by atoms with van der Waals surface area (Å²) >= 11 is 1.57. The van der Waals surface area contributed by atoms with E-state index in [0.717, 1.165) is 41.8 Å². The van der Waals surface area contributed by atoms with Gasteiger partial charge in [-0.2, -0.15) is 24.9 Å². The number of carbonyl (C=O) groups excluding carboxylic acids is 3. The normalized spacial score (nSPS) is 14.4. The van der Waals surface area contributed by atoms with E-state index < -0.39 is 29.7 Å². The summed E-state index contributed by atoms with van der Waals surface area (Å²) in [5, 5.41) is 5.94. The van der Waals surface area contributed by atoms with Crippen molar-refractivity contribution in [2.24, 2.45) is 5.92 Å². The molecular formula is C44H42F3N3O4S. The molecule has 2 atom stereocenters. The number of methoxy groups -OCH3 is 1. The van der Waals surface area contributed by atoms with Crippen LogP contribution in [0.1, 0.15) is 45.8 Å². The van der Waals surface area contributed by atoms with Crippen molar-refractivity contribution in [1.29, 1.82) is 0 Å². The highest BCUT2D eigenvalue weighted by molar-refractivity contribution is 7.98. The molecule has 0 saturated carbocycles. The molecule has 11 heteroatoms. The number of ether oxygens (including phenoxy) is 1. The van der Waals surface area contributed by atoms with Gasteiger partial charge < -0.3 is 20.3 Å². The monoisotopic (exact) mass is 765 g/mol.